The Morgan fingerprint density at radius 3 is 1.80 bits per heavy atom. The monoisotopic (exact) mass is 165 g/mol. The number of hydrogen-bond acceptors (Lipinski definition) is 3. The molecule has 0 spiro atoms. The first-order valence-corrected chi connectivity index (χ1v) is 3.30. The van der Waals surface area contributed by atoms with Crippen LogP contribution in [0.2, 0.25) is 0 Å². The minimum Gasteiger partial charge on any atom is -0.760 e. The van der Waals surface area contributed by atoms with Gasteiger partial charge in [-0.05, 0) is 6.92 Å². The summed E-state index contributed by atoms with van der Waals surface area (Å²) >= 11 is -2.36. The van der Waals surface area contributed by atoms with Gasteiger partial charge < -0.3 is 10.3 Å². The third kappa shape index (κ3) is 26.7. The van der Waals surface area contributed by atoms with Gasteiger partial charge in [0.1, 0.15) is 0 Å². The molecule has 0 aromatic heterocycles. The first-order valence-electron chi connectivity index (χ1n) is 2.17. The van der Waals surface area contributed by atoms with Crippen molar-refractivity contribution in [1.82, 2.24) is 0 Å². The largest absolute Gasteiger partial charge is 0.760 e. The van der Waals surface area contributed by atoms with E-state index in [-0.39, 0.29) is 0 Å². The Kier molecular flexibility index (Phi) is 7.68. The lowest BCUT2D eigenvalue weighted by atomic mass is 10.3. The maximum atomic E-state index is 9.82. The van der Waals surface area contributed by atoms with Crippen LogP contribution in [-0.2, 0) is 16.1 Å². The minimum atomic E-state index is -2.36. The third-order valence-electron chi connectivity index (χ3n) is 0.421. The Bertz CT molecular complexity index is 141. The fraction of sp³-hybridized carbons (Fsp3) is 0.250. The summed E-state index contributed by atoms with van der Waals surface area (Å²) in [6, 6.07) is 0. The number of carbonyl (C=O) groups is 1. The zero-order valence-electron chi connectivity index (χ0n) is 5.49. The minimum absolute atomic E-state index is 0.398. The van der Waals surface area contributed by atoms with Crippen LogP contribution in [0.3, 0.4) is 0 Å². The van der Waals surface area contributed by atoms with Crippen LogP contribution in [0.5, 0.6) is 0 Å². The van der Waals surface area contributed by atoms with Crippen molar-refractivity contribution >= 4 is 17.2 Å². The molecule has 1 atom stereocenters. The molecule has 0 aromatic rings. The van der Waals surface area contributed by atoms with E-state index >= 15 is 0 Å². The lowest BCUT2D eigenvalue weighted by Gasteiger charge is -1.85. The number of amides is 1. The Hall–Kier alpha value is -0.720. The van der Waals surface area contributed by atoms with E-state index in [0.717, 1.165) is 0 Å². The molecule has 0 radical (unpaired) electrons. The molecule has 0 aliphatic rings. The zero-order valence-corrected chi connectivity index (χ0v) is 6.31. The van der Waals surface area contributed by atoms with Crippen molar-refractivity contribution in [3.05, 3.63) is 12.2 Å². The molecule has 0 saturated carbocycles. The van der Waals surface area contributed by atoms with Crippen LogP contribution in [0.25, 0.3) is 0 Å². The number of primary amides is 1. The standard InChI is InChI=1S/C4H7NO.H3NO2S/c1-3(2)4(5)6;1-4(2)3/h1H2,2H3,(H2,5,6);1H2,(H,2,3)/p-1. The summed E-state index contributed by atoms with van der Waals surface area (Å²) < 4.78 is 17.6. The quantitative estimate of drug-likeness (QED) is 0.375. The first kappa shape index (κ1) is 12.0. The lowest BCUT2D eigenvalue weighted by molar-refractivity contribution is -0.114. The van der Waals surface area contributed by atoms with Gasteiger partial charge in [0.05, 0.1) is 0 Å². The molecule has 0 heterocycles. The predicted molar refractivity (Wildman–Crippen MR) is 37.1 cm³/mol. The molecule has 0 bridgehead atoms. The molecule has 0 aliphatic heterocycles. The van der Waals surface area contributed by atoms with Crippen LogP contribution in [0.4, 0.5) is 0 Å². The van der Waals surface area contributed by atoms with Crippen molar-refractivity contribution in [3.8, 4) is 0 Å². The number of hydrogen-bond donors (Lipinski definition) is 2. The molecule has 0 rings (SSSR count). The number of carbonyl (C=O) groups excluding carboxylic acids is 1. The number of rotatable bonds is 1. The third-order valence-corrected chi connectivity index (χ3v) is 0.421. The van der Waals surface area contributed by atoms with Gasteiger partial charge in [0.2, 0.25) is 5.91 Å². The molecule has 60 valence electrons. The van der Waals surface area contributed by atoms with Crippen molar-refractivity contribution in [1.29, 1.82) is 0 Å². The van der Waals surface area contributed by atoms with Gasteiger partial charge in [-0.25, -0.2) is 0 Å². The van der Waals surface area contributed by atoms with Crippen LogP contribution in [0, 0.1) is 0 Å². The van der Waals surface area contributed by atoms with Gasteiger partial charge in [0.15, 0.2) is 0 Å². The van der Waals surface area contributed by atoms with Crippen molar-refractivity contribution in [2.45, 2.75) is 6.92 Å². The summed E-state index contributed by atoms with van der Waals surface area (Å²) in [6.07, 6.45) is 0. The SMILES string of the molecule is C=C(C)C(N)=O.NS(=O)[O-]. The topological polar surface area (TPSA) is 109 Å². The Morgan fingerprint density at radius 2 is 1.80 bits per heavy atom. The maximum Gasteiger partial charge on any atom is 0.243 e. The second kappa shape index (κ2) is 6.40. The summed E-state index contributed by atoms with van der Waals surface area (Å²) in [6.45, 7) is 4.85. The second-order valence-corrected chi connectivity index (χ2v) is 1.93. The average Bonchev–Trinajstić information content (AvgIpc) is 1.63. The Labute approximate surface area is 61.5 Å². The highest BCUT2D eigenvalue weighted by molar-refractivity contribution is 7.76. The van der Waals surface area contributed by atoms with Crippen LogP contribution >= 0.6 is 0 Å². The van der Waals surface area contributed by atoms with E-state index in [1.54, 1.807) is 6.92 Å². The fourth-order valence-electron chi connectivity index (χ4n) is 0. The molecule has 10 heavy (non-hydrogen) atoms. The highest BCUT2D eigenvalue weighted by Gasteiger charge is 1.86. The molecule has 6 heteroatoms. The van der Waals surface area contributed by atoms with Crippen LogP contribution in [-0.4, -0.2) is 14.7 Å². The predicted octanol–water partition coefficient (Wildman–Crippen LogP) is -1.21. The highest BCUT2D eigenvalue weighted by atomic mass is 32.2. The molecule has 0 fully saturated rings. The van der Waals surface area contributed by atoms with Crippen LogP contribution in [0.15, 0.2) is 12.2 Å². The molecule has 1 amide bonds. The molecule has 1 unspecified atom stereocenters. The maximum absolute atomic E-state index is 9.82. The van der Waals surface area contributed by atoms with E-state index < -0.39 is 17.2 Å². The zero-order chi connectivity index (χ0) is 8.73. The molecule has 4 N–H and O–H groups in total. The summed E-state index contributed by atoms with van der Waals surface area (Å²) in [4.78, 5) is 9.82. The average molecular weight is 165 g/mol. The summed E-state index contributed by atoms with van der Waals surface area (Å²) in [5.74, 6) is -0.435. The van der Waals surface area contributed by atoms with Gasteiger partial charge in [-0.2, -0.15) is 0 Å². The van der Waals surface area contributed by atoms with Crippen LogP contribution in [0.1, 0.15) is 6.92 Å². The normalized spacial score (nSPS) is 10.7. The highest BCUT2D eigenvalue weighted by Crippen LogP contribution is 1.78. The van der Waals surface area contributed by atoms with E-state index in [1.165, 1.54) is 0 Å². The Morgan fingerprint density at radius 1 is 1.70 bits per heavy atom. The van der Waals surface area contributed by atoms with Crippen molar-refractivity contribution in [2.75, 3.05) is 0 Å². The van der Waals surface area contributed by atoms with Gasteiger partial charge in [0, 0.05) is 16.8 Å². The second-order valence-electron chi connectivity index (χ2n) is 1.41. The molecule has 0 aromatic carbocycles. The van der Waals surface area contributed by atoms with Crippen molar-refractivity contribution < 1.29 is 13.6 Å². The van der Waals surface area contributed by atoms with Crippen LogP contribution < -0.4 is 10.9 Å². The smallest absolute Gasteiger partial charge is 0.243 e. The number of nitrogens with two attached hydrogens (primary N) is 2. The summed E-state index contributed by atoms with van der Waals surface area (Å²) in [5.41, 5.74) is 5.09. The van der Waals surface area contributed by atoms with Gasteiger partial charge >= 0.3 is 0 Å². The molecular formula is C4H9N2O3S-. The van der Waals surface area contributed by atoms with Gasteiger partial charge in [-0.1, -0.05) is 6.58 Å². The molecular weight excluding hydrogens is 156 g/mol. The first-order chi connectivity index (χ1) is 4.37. The molecule has 5 nitrogen and oxygen atoms in total. The molecule has 0 aliphatic carbocycles. The van der Waals surface area contributed by atoms with E-state index in [2.05, 4.69) is 11.7 Å². The van der Waals surface area contributed by atoms with E-state index in [0.29, 0.717) is 5.57 Å². The summed E-state index contributed by atoms with van der Waals surface area (Å²) in [5, 5.41) is 4.03. The van der Waals surface area contributed by atoms with E-state index in [1.807, 2.05) is 0 Å². The van der Waals surface area contributed by atoms with Crippen molar-refractivity contribution in [2.24, 2.45) is 10.9 Å². The van der Waals surface area contributed by atoms with E-state index in [9.17, 15) is 4.79 Å². The Balaban J connectivity index is 0. The van der Waals surface area contributed by atoms with Gasteiger partial charge in [-0.15, -0.1) is 0 Å². The van der Waals surface area contributed by atoms with Gasteiger partial charge in [0.25, 0.3) is 0 Å². The lowest BCUT2D eigenvalue weighted by Crippen LogP contribution is -2.10. The van der Waals surface area contributed by atoms with Crippen molar-refractivity contribution in [3.63, 3.8) is 0 Å². The summed E-state index contributed by atoms with van der Waals surface area (Å²) in [7, 11) is 0. The van der Waals surface area contributed by atoms with Gasteiger partial charge in [-0.3, -0.25) is 14.1 Å². The van der Waals surface area contributed by atoms with E-state index in [4.69, 9.17) is 14.5 Å². The molecule has 0 saturated heterocycles. The fourth-order valence-corrected chi connectivity index (χ4v) is 0.